The Balaban J connectivity index is 1.47. The van der Waals surface area contributed by atoms with E-state index in [0.29, 0.717) is 5.56 Å². The van der Waals surface area contributed by atoms with Crippen molar-refractivity contribution in [3.05, 3.63) is 69.8 Å². The van der Waals surface area contributed by atoms with Gasteiger partial charge in [-0.2, -0.15) is 0 Å². The van der Waals surface area contributed by atoms with Gasteiger partial charge in [0.1, 0.15) is 0 Å². The maximum absolute atomic E-state index is 12.5. The fraction of sp³-hybridized carbons (Fsp3) is 0.261. The summed E-state index contributed by atoms with van der Waals surface area (Å²) in [5.41, 5.74) is 3.10. The largest absolute Gasteiger partial charge is 0.355 e. The van der Waals surface area contributed by atoms with Crippen molar-refractivity contribution in [3.63, 3.8) is 0 Å². The zero-order valence-corrected chi connectivity index (χ0v) is 18.5. The zero-order chi connectivity index (χ0) is 20.2. The van der Waals surface area contributed by atoms with Gasteiger partial charge in [0.05, 0.1) is 5.69 Å². The number of nitrogens with one attached hydrogen (secondary N) is 1. The van der Waals surface area contributed by atoms with Crippen molar-refractivity contribution in [1.82, 2.24) is 10.2 Å². The van der Waals surface area contributed by atoms with Crippen LogP contribution in [0.5, 0.6) is 0 Å². The molecule has 1 fully saturated rings. The minimum absolute atomic E-state index is 0.126. The van der Waals surface area contributed by atoms with E-state index >= 15 is 0 Å². The van der Waals surface area contributed by atoms with Crippen LogP contribution in [0, 0.1) is 9.49 Å². The van der Waals surface area contributed by atoms with E-state index < -0.39 is 0 Å². The molecule has 0 saturated carbocycles. The smallest absolute Gasteiger partial charge is 0.255 e. The number of aromatic nitrogens is 2. The molecule has 0 spiro atoms. The Bertz CT molecular complexity index is 981. The number of carbonyl (C=O) groups excluding carboxylic acids is 1. The molecule has 1 saturated heterocycles. The summed E-state index contributed by atoms with van der Waals surface area (Å²) in [7, 11) is 0. The average Bonchev–Trinajstić information content (AvgIpc) is 2.75. The van der Waals surface area contributed by atoms with Gasteiger partial charge in [0.15, 0.2) is 5.82 Å². The van der Waals surface area contributed by atoms with E-state index in [-0.39, 0.29) is 5.91 Å². The van der Waals surface area contributed by atoms with E-state index in [1.807, 2.05) is 60.7 Å². The van der Waals surface area contributed by atoms with E-state index in [4.69, 9.17) is 0 Å². The lowest BCUT2D eigenvalue weighted by Crippen LogP contribution is -2.33. The molecule has 1 aromatic heterocycles. The van der Waals surface area contributed by atoms with Crippen LogP contribution in [0.15, 0.2) is 60.7 Å². The second-order valence-corrected chi connectivity index (χ2v) is 8.73. The Hall–Kier alpha value is -2.48. The third-order valence-corrected chi connectivity index (χ3v) is 6.00. The quantitative estimate of drug-likeness (QED) is 0.501. The van der Waals surface area contributed by atoms with Gasteiger partial charge in [0.25, 0.3) is 5.91 Å². The van der Waals surface area contributed by atoms with Crippen LogP contribution < -0.4 is 10.2 Å². The second-order valence-electron chi connectivity index (χ2n) is 7.49. The van der Waals surface area contributed by atoms with Gasteiger partial charge in [-0.1, -0.05) is 19.1 Å². The first-order valence-corrected chi connectivity index (χ1v) is 10.9. The molecular formula is C23H23IN4O. The maximum atomic E-state index is 12.5. The van der Waals surface area contributed by atoms with Gasteiger partial charge >= 0.3 is 0 Å². The van der Waals surface area contributed by atoms with Crippen LogP contribution in [-0.2, 0) is 0 Å². The number of piperidine rings is 1. The summed E-state index contributed by atoms with van der Waals surface area (Å²) < 4.78 is 1.10. The highest BCUT2D eigenvalue weighted by molar-refractivity contribution is 14.1. The fourth-order valence-corrected chi connectivity index (χ4v) is 3.81. The molecule has 148 valence electrons. The normalized spacial score (nSPS) is 14.6. The number of rotatable bonds is 4. The molecule has 1 aliphatic rings. The van der Waals surface area contributed by atoms with Crippen LogP contribution in [0.4, 0.5) is 11.5 Å². The monoisotopic (exact) mass is 498 g/mol. The lowest BCUT2D eigenvalue weighted by Gasteiger charge is -2.30. The molecule has 29 heavy (non-hydrogen) atoms. The number of anilines is 2. The average molecular weight is 498 g/mol. The van der Waals surface area contributed by atoms with Crippen molar-refractivity contribution in [2.75, 3.05) is 23.3 Å². The molecule has 1 aliphatic heterocycles. The van der Waals surface area contributed by atoms with Gasteiger partial charge in [-0.15, -0.1) is 10.2 Å². The van der Waals surface area contributed by atoms with Crippen molar-refractivity contribution in [2.45, 2.75) is 19.8 Å². The van der Waals surface area contributed by atoms with E-state index in [1.54, 1.807) is 0 Å². The molecular weight excluding hydrogens is 475 g/mol. The first kappa shape index (κ1) is 19.8. The number of carbonyl (C=O) groups is 1. The highest BCUT2D eigenvalue weighted by Gasteiger charge is 2.17. The summed E-state index contributed by atoms with van der Waals surface area (Å²) >= 11 is 2.22. The fourth-order valence-electron chi connectivity index (χ4n) is 3.45. The van der Waals surface area contributed by atoms with E-state index in [2.05, 4.69) is 49.9 Å². The molecule has 0 bridgehead atoms. The number of amides is 1. The molecule has 1 N–H and O–H groups in total. The van der Waals surface area contributed by atoms with Gasteiger partial charge in [-0.05, 0) is 89.9 Å². The van der Waals surface area contributed by atoms with Gasteiger partial charge < -0.3 is 10.2 Å². The molecule has 3 aromatic rings. The van der Waals surface area contributed by atoms with E-state index in [0.717, 1.165) is 45.3 Å². The summed E-state index contributed by atoms with van der Waals surface area (Å²) in [5, 5.41) is 11.8. The van der Waals surface area contributed by atoms with Crippen LogP contribution >= 0.6 is 22.6 Å². The van der Waals surface area contributed by atoms with Crippen molar-refractivity contribution >= 4 is 40.0 Å². The van der Waals surface area contributed by atoms with Gasteiger partial charge in [-0.3, -0.25) is 4.79 Å². The van der Waals surface area contributed by atoms with Gasteiger partial charge in [0.2, 0.25) is 0 Å². The molecule has 2 aromatic carbocycles. The zero-order valence-electron chi connectivity index (χ0n) is 16.3. The van der Waals surface area contributed by atoms with Crippen LogP contribution in [0.3, 0.4) is 0 Å². The molecule has 2 heterocycles. The minimum Gasteiger partial charge on any atom is -0.355 e. The molecule has 4 rings (SSSR count). The summed E-state index contributed by atoms with van der Waals surface area (Å²) in [4.78, 5) is 14.8. The van der Waals surface area contributed by atoms with Gasteiger partial charge in [-0.25, -0.2) is 0 Å². The first-order chi connectivity index (χ1) is 14.1. The lowest BCUT2D eigenvalue weighted by molar-refractivity contribution is 0.102. The van der Waals surface area contributed by atoms with Crippen LogP contribution in [0.1, 0.15) is 30.1 Å². The van der Waals surface area contributed by atoms with Crippen molar-refractivity contribution < 1.29 is 4.79 Å². The lowest BCUT2D eigenvalue weighted by atomic mass is 9.99. The number of nitrogens with zero attached hydrogens (tertiary/aromatic N) is 3. The predicted molar refractivity (Wildman–Crippen MR) is 125 cm³/mol. The summed E-state index contributed by atoms with van der Waals surface area (Å²) in [6.45, 7) is 4.38. The highest BCUT2D eigenvalue weighted by atomic mass is 127. The Kier molecular flexibility index (Phi) is 6.08. The second kappa shape index (κ2) is 8.90. The number of benzene rings is 2. The highest BCUT2D eigenvalue weighted by Crippen LogP contribution is 2.24. The maximum Gasteiger partial charge on any atom is 0.255 e. The Labute approximate surface area is 184 Å². The summed E-state index contributed by atoms with van der Waals surface area (Å²) in [6.07, 6.45) is 2.40. The topological polar surface area (TPSA) is 58.1 Å². The molecule has 0 radical (unpaired) electrons. The number of hydrogen-bond acceptors (Lipinski definition) is 4. The van der Waals surface area contributed by atoms with E-state index in [1.165, 1.54) is 12.8 Å². The Morgan fingerprint density at radius 1 is 1.03 bits per heavy atom. The van der Waals surface area contributed by atoms with Crippen molar-refractivity contribution in [3.8, 4) is 11.3 Å². The molecule has 6 heteroatoms. The third-order valence-electron chi connectivity index (χ3n) is 5.28. The molecule has 0 aliphatic carbocycles. The van der Waals surface area contributed by atoms with Crippen molar-refractivity contribution in [1.29, 1.82) is 0 Å². The Morgan fingerprint density at radius 3 is 2.48 bits per heavy atom. The Morgan fingerprint density at radius 2 is 1.79 bits per heavy atom. The van der Waals surface area contributed by atoms with Crippen molar-refractivity contribution in [2.24, 2.45) is 5.92 Å². The SMILES string of the molecule is CC1CCN(c2ccc(-c3cccc(NC(=O)c4ccc(I)cc4)c3)nn2)CC1. The summed E-state index contributed by atoms with van der Waals surface area (Å²) in [5.74, 6) is 1.60. The predicted octanol–water partition coefficient (Wildman–Crippen LogP) is 5.24. The molecule has 1 amide bonds. The number of hydrogen-bond donors (Lipinski definition) is 1. The van der Waals surface area contributed by atoms with Crippen LogP contribution in [-0.4, -0.2) is 29.2 Å². The van der Waals surface area contributed by atoms with Gasteiger partial charge in [0, 0.05) is 33.5 Å². The first-order valence-electron chi connectivity index (χ1n) is 9.84. The standard InChI is InChI=1S/C23H23IN4O/c1-16-11-13-28(14-12-16)22-10-9-21(26-27-22)18-3-2-4-20(15-18)25-23(29)17-5-7-19(24)8-6-17/h2-10,15-16H,11-14H2,1H3,(H,25,29). The molecule has 0 unspecified atom stereocenters. The number of halogens is 1. The minimum atomic E-state index is -0.126. The summed E-state index contributed by atoms with van der Waals surface area (Å²) in [6, 6.07) is 19.2. The van der Waals surface area contributed by atoms with Crippen LogP contribution in [0.25, 0.3) is 11.3 Å². The molecule has 0 atom stereocenters. The van der Waals surface area contributed by atoms with Crippen LogP contribution in [0.2, 0.25) is 0 Å². The third kappa shape index (κ3) is 4.93. The molecule has 5 nitrogen and oxygen atoms in total. The van der Waals surface area contributed by atoms with E-state index in [9.17, 15) is 4.79 Å².